The highest BCUT2D eigenvalue weighted by atomic mass is 32.2. The summed E-state index contributed by atoms with van der Waals surface area (Å²) in [4.78, 5) is 0.117. The predicted octanol–water partition coefficient (Wildman–Crippen LogP) is 2.09. The standard InChI is InChI=1S/C14H16N2O4S/c1-9-14(10(2)20-15-9)21(17,18)16-12-7-8-19-13-6-4-3-5-11(12)13/h3-6,12,16H,7-8H2,1-2H3/t12-/m1/s1. The molecule has 1 aliphatic rings. The van der Waals surface area contributed by atoms with E-state index in [1.807, 2.05) is 24.3 Å². The molecule has 7 heteroatoms. The maximum Gasteiger partial charge on any atom is 0.246 e. The summed E-state index contributed by atoms with van der Waals surface area (Å²) in [6.45, 7) is 3.68. The number of nitrogens with zero attached hydrogens (tertiary/aromatic N) is 1. The van der Waals surface area contributed by atoms with Gasteiger partial charge in [0.1, 0.15) is 16.3 Å². The monoisotopic (exact) mass is 308 g/mol. The smallest absolute Gasteiger partial charge is 0.246 e. The number of hydrogen-bond donors (Lipinski definition) is 1. The second-order valence-corrected chi connectivity index (χ2v) is 6.65. The van der Waals surface area contributed by atoms with Gasteiger partial charge >= 0.3 is 0 Å². The van der Waals surface area contributed by atoms with Crippen LogP contribution in [0.5, 0.6) is 5.75 Å². The van der Waals surface area contributed by atoms with Crippen LogP contribution in [0.4, 0.5) is 0 Å². The third-order valence-electron chi connectivity index (χ3n) is 3.49. The minimum absolute atomic E-state index is 0.117. The first kappa shape index (κ1) is 14.1. The molecule has 0 radical (unpaired) electrons. The summed E-state index contributed by atoms with van der Waals surface area (Å²) >= 11 is 0. The Morgan fingerprint density at radius 1 is 1.29 bits per heavy atom. The van der Waals surface area contributed by atoms with E-state index in [0.717, 1.165) is 11.3 Å². The van der Waals surface area contributed by atoms with Crippen molar-refractivity contribution in [2.45, 2.75) is 31.2 Å². The number of benzene rings is 1. The van der Waals surface area contributed by atoms with E-state index >= 15 is 0 Å². The minimum atomic E-state index is -3.68. The summed E-state index contributed by atoms with van der Waals surface area (Å²) < 4.78 is 38.3. The highest BCUT2D eigenvalue weighted by molar-refractivity contribution is 7.89. The van der Waals surface area contributed by atoms with E-state index in [4.69, 9.17) is 9.26 Å². The van der Waals surface area contributed by atoms with Crippen LogP contribution in [-0.2, 0) is 10.0 Å². The van der Waals surface area contributed by atoms with Gasteiger partial charge < -0.3 is 9.26 Å². The fourth-order valence-corrected chi connectivity index (χ4v) is 4.15. The van der Waals surface area contributed by atoms with E-state index in [2.05, 4.69) is 9.88 Å². The molecule has 0 spiro atoms. The molecule has 21 heavy (non-hydrogen) atoms. The largest absolute Gasteiger partial charge is 0.493 e. The van der Waals surface area contributed by atoms with Gasteiger partial charge in [0, 0.05) is 12.0 Å². The van der Waals surface area contributed by atoms with Crippen molar-refractivity contribution in [3.63, 3.8) is 0 Å². The van der Waals surface area contributed by atoms with Crippen LogP contribution < -0.4 is 9.46 Å². The Bertz CT molecular complexity index is 748. The number of fused-ring (bicyclic) bond motifs is 1. The molecule has 1 aromatic carbocycles. The molecule has 2 heterocycles. The average molecular weight is 308 g/mol. The summed E-state index contributed by atoms with van der Waals surface area (Å²) in [5.41, 5.74) is 1.21. The molecule has 6 nitrogen and oxygen atoms in total. The first-order valence-corrected chi connectivity index (χ1v) is 8.14. The van der Waals surface area contributed by atoms with E-state index in [0.29, 0.717) is 24.5 Å². The van der Waals surface area contributed by atoms with Gasteiger partial charge in [0.05, 0.1) is 12.6 Å². The molecule has 1 N–H and O–H groups in total. The normalized spacial score (nSPS) is 18.1. The van der Waals surface area contributed by atoms with Crippen molar-refractivity contribution in [2.24, 2.45) is 0 Å². The van der Waals surface area contributed by atoms with Crippen LogP contribution in [0.3, 0.4) is 0 Å². The second kappa shape index (κ2) is 5.16. The summed E-state index contributed by atoms with van der Waals surface area (Å²) in [7, 11) is -3.68. The SMILES string of the molecule is Cc1noc(C)c1S(=O)(=O)N[C@@H]1CCOc2ccccc21. The van der Waals surface area contributed by atoms with Gasteiger partial charge in [-0.3, -0.25) is 0 Å². The third kappa shape index (κ3) is 2.54. The van der Waals surface area contributed by atoms with Crippen LogP contribution in [0.25, 0.3) is 0 Å². The number of hydrogen-bond acceptors (Lipinski definition) is 5. The third-order valence-corrected chi connectivity index (χ3v) is 5.21. The first-order chi connectivity index (χ1) is 9.99. The van der Waals surface area contributed by atoms with E-state index in [9.17, 15) is 8.42 Å². The molecule has 0 aliphatic carbocycles. The number of aromatic nitrogens is 1. The molecule has 3 rings (SSSR count). The molecule has 0 bridgehead atoms. The molecule has 2 aromatic rings. The van der Waals surface area contributed by atoms with Crippen molar-refractivity contribution in [1.29, 1.82) is 0 Å². The van der Waals surface area contributed by atoms with Crippen LogP contribution in [0.2, 0.25) is 0 Å². The van der Waals surface area contributed by atoms with Crippen LogP contribution in [-0.4, -0.2) is 20.2 Å². The molecule has 1 aliphatic heterocycles. The van der Waals surface area contributed by atoms with Gasteiger partial charge in [-0.25, -0.2) is 13.1 Å². The molecule has 0 amide bonds. The lowest BCUT2D eigenvalue weighted by Crippen LogP contribution is -2.32. The number of aryl methyl sites for hydroxylation is 2. The number of para-hydroxylation sites is 1. The summed E-state index contributed by atoms with van der Waals surface area (Å²) in [5, 5.41) is 3.70. The van der Waals surface area contributed by atoms with Crippen LogP contribution >= 0.6 is 0 Å². The van der Waals surface area contributed by atoms with Gasteiger partial charge in [0.15, 0.2) is 5.76 Å². The molecular weight excluding hydrogens is 292 g/mol. The molecule has 0 unspecified atom stereocenters. The maximum absolute atomic E-state index is 12.6. The second-order valence-electron chi connectivity index (χ2n) is 5.00. The number of sulfonamides is 1. The Balaban J connectivity index is 1.94. The lowest BCUT2D eigenvalue weighted by molar-refractivity contribution is 0.263. The zero-order chi connectivity index (χ0) is 15.0. The molecule has 0 saturated heterocycles. The predicted molar refractivity (Wildman–Crippen MR) is 75.6 cm³/mol. The fourth-order valence-electron chi connectivity index (χ4n) is 2.57. The van der Waals surface area contributed by atoms with E-state index in [1.54, 1.807) is 13.8 Å². The molecular formula is C14H16N2O4S. The Labute approximate surface area is 123 Å². The topological polar surface area (TPSA) is 81.4 Å². The Kier molecular flexibility index (Phi) is 3.46. The average Bonchev–Trinajstić information content (AvgIpc) is 2.79. The molecule has 0 fully saturated rings. The molecule has 112 valence electrons. The molecule has 1 atom stereocenters. The van der Waals surface area contributed by atoms with Gasteiger partial charge in [0.2, 0.25) is 10.0 Å². The number of ether oxygens (including phenoxy) is 1. The Hall–Kier alpha value is -1.86. The summed E-state index contributed by atoms with van der Waals surface area (Å²) in [6, 6.07) is 7.13. The van der Waals surface area contributed by atoms with E-state index in [1.165, 1.54) is 0 Å². The zero-order valence-electron chi connectivity index (χ0n) is 11.8. The highest BCUT2D eigenvalue weighted by Crippen LogP contribution is 2.33. The van der Waals surface area contributed by atoms with Crippen molar-refractivity contribution in [3.8, 4) is 5.75 Å². The van der Waals surface area contributed by atoms with Crippen LogP contribution in [0, 0.1) is 13.8 Å². The van der Waals surface area contributed by atoms with Gasteiger partial charge in [-0.1, -0.05) is 23.4 Å². The summed E-state index contributed by atoms with van der Waals surface area (Å²) in [6.07, 6.45) is 0.583. The zero-order valence-corrected chi connectivity index (χ0v) is 12.6. The van der Waals surface area contributed by atoms with E-state index in [-0.39, 0.29) is 10.9 Å². The van der Waals surface area contributed by atoms with Crippen molar-refractivity contribution < 1.29 is 17.7 Å². The van der Waals surface area contributed by atoms with Crippen LogP contribution in [0.15, 0.2) is 33.7 Å². The van der Waals surface area contributed by atoms with Crippen molar-refractivity contribution in [3.05, 3.63) is 41.3 Å². The van der Waals surface area contributed by atoms with Gasteiger partial charge in [-0.15, -0.1) is 0 Å². The lowest BCUT2D eigenvalue weighted by atomic mass is 10.0. The number of nitrogens with one attached hydrogen (secondary N) is 1. The van der Waals surface area contributed by atoms with Gasteiger partial charge in [0.25, 0.3) is 0 Å². The first-order valence-electron chi connectivity index (χ1n) is 6.66. The number of rotatable bonds is 3. The van der Waals surface area contributed by atoms with Crippen molar-refractivity contribution in [2.75, 3.05) is 6.61 Å². The quantitative estimate of drug-likeness (QED) is 0.939. The Morgan fingerprint density at radius 3 is 2.76 bits per heavy atom. The lowest BCUT2D eigenvalue weighted by Gasteiger charge is -2.26. The van der Waals surface area contributed by atoms with Crippen LogP contribution in [0.1, 0.15) is 29.5 Å². The minimum Gasteiger partial charge on any atom is -0.493 e. The molecule has 1 aromatic heterocycles. The molecule has 0 saturated carbocycles. The Morgan fingerprint density at radius 2 is 2.05 bits per heavy atom. The highest BCUT2D eigenvalue weighted by Gasteiger charge is 2.30. The van der Waals surface area contributed by atoms with Gasteiger partial charge in [-0.2, -0.15) is 0 Å². The van der Waals surface area contributed by atoms with Gasteiger partial charge in [-0.05, 0) is 19.9 Å². The maximum atomic E-state index is 12.6. The van der Waals surface area contributed by atoms with Crippen molar-refractivity contribution >= 4 is 10.0 Å². The summed E-state index contributed by atoms with van der Waals surface area (Å²) in [5.74, 6) is 1.01. The fraction of sp³-hybridized carbons (Fsp3) is 0.357. The van der Waals surface area contributed by atoms with E-state index < -0.39 is 10.0 Å². The van der Waals surface area contributed by atoms with Crippen molar-refractivity contribution in [1.82, 2.24) is 9.88 Å².